The van der Waals surface area contributed by atoms with Gasteiger partial charge in [0.2, 0.25) is 0 Å². The van der Waals surface area contributed by atoms with Crippen molar-refractivity contribution in [3.05, 3.63) is 95.1 Å². The highest BCUT2D eigenvalue weighted by Crippen LogP contribution is 2.44. The fourth-order valence-electron chi connectivity index (χ4n) is 3.97. The Hall–Kier alpha value is -3.97. The number of Topliss-reactive ketones (excluding diaryl/α,β-unsaturated/α-hetero) is 1. The highest BCUT2D eigenvalue weighted by atomic mass is 32.1. The number of aliphatic hydroxyl groups excluding tert-OH is 1. The molecule has 1 atom stereocenters. The summed E-state index contributed by atoms with van der Waals surface area (Å²) in [5.74, 6) is -0.980. The Morgan fingerprint density at radius 1 is 1.03 bits per heavy atom. The number of anilines is 1. The number of hydrogen-bond acceptors (Lipinski definition) is 6. The summed E-state index contributed by atoms with van der Waals surface area (Å²) in [6, 6.07) is 21.0. The van der Waals surface area contributed by atoms with E-state index in [-0.39, 0.29) is 11.3 Å². The molecular weight excluding hydrogens is 436 g/mol. The summed E-state index contributed by atoms with van der Waals surface area (Å²) in [7, 11) is 1.59. The fraction of sp³-hybridized carbons (Fsp3) is 0.115. The van der Waals surface area contributed by atoms with Crippen LogP contribution in [-0.4, -0.2) is 28.9 Å². The number of ketones is 1. The SMILES string of the molecule is COc1ccc2nc(N3C(=O)C(=O)C(=C(O)c4ccccc4)C3c3ccc(C)cc3)sc2c1. The molecule has 1 unspecified atom stereocenters. The van der Waals surface area contributed by atoms with Crippen molar-refractivity contribution in [3.63, 3.8) is 0 Å². The van der Waals surface area contributed by atoms with Gasteiger partial charge in [-0.15, -0.1) is 0 Å². The van der Waals surface area contributed by atoms with Gasteiger partial charge in [-0.2, -0.15) is 0 Å². The van der Waals surface area contributed by atoms with Crippen LogP contribution in [0.1, 0.15) is 22.7 Å². The number of nitrogens with zero attached hydrogens (tertiary/aromatic N) is 2. The molecule has 0 bridgehead atoms. The molecule has 3 aromatic carbocycles. The Labute approximate surface area is 194 Å². The largest absolute Gasteiger partial charge is 0.507 e. The number of thiazole rings is 1. The number of aromatic nitrogens is 1. The lowest BCUT2D eigenvalue weighted by Gasteiger charge is -2.23. The minimum Gasteiger partial charge on any atom is -0.507 e. The number of fused-ring (bicyclic) bond motifs is 1. The first-order valence-electron chi connectivity index (χ1n) is 10.4. The maximum absolute atomic E-state index is 13.3. The Kier molecular flexibility index (Phi) is 5.18. The first kappa shape index (κ1) is 20.9. The number of carbonyl (C=O) groups excluding carboxylic acids is 2. The Morgan fingerprint density at radius 3 is 2.45 bits per heavy atom. The summed E-state index contributed by atoms with van der Waals surface area (Å²) in [6.45, 7) is 1.96. The number of carbonyl (C=O) groups is 2. The van der Waals surface area contributed by atoms with E-state index >= 15 is 0 Å². The predicted octanol–water partition coefficient (Wildman–Crippen LogP) is 5.24. The average molecular weight is 457 g/mol. The van der Waals surface area contributed by atoms with Crippen molar-refractivity contribution in [3.8, 4) is 5.75 Å². The number of aliphatic hydroxyl groups is 1. The van der Waals surface area contributed by atoms with Gasteiger partial charge in [0.05, 0.1) is 28.9 Å². The molecular formula is C26H20N2O4S. The van der Waals surface area contributed by atoms with Crippen LogP contribution in [0.25, 0.3) is 16.0 Å². The Bertz CT molecular complexity index is 1410. The lowest BCUT2D eigenvalue weighted by atomic mass is 9.95. The molecule has 0 saturated carbocycles. The summed E-state index contributed by atoms with van der Waals surface area (Å²) >= 11 is 1.30. The number of amides is 1. The molecule has 7 heteroatoms. The summed E-state index contributed by atoms with van der Waals surface area (Å²) in [6.07, 6.45) is 0. The number of benzene rings is 3. The molecule has 1 fully saturated rings. The smallest absolute Gasteiger partial charge is 0.301 e. The number of rotatable bonds is 4. The molecule has 0 spiro atoms. The molecule has 164 valence electrons. The number of methoxy groups -OCH3 is 1. The number of ether oxygens (including phenoxy) is 1. The second kappa shape index (κ2) is 8.18. The summed E-state index contributed by atoms with van der Waals surface area (Å²) in [5.41, 5.74) is 2.98. The van der Waals surface area contributed by atoms with E-state index in [2.05, 4.69) is 4.98 Å². The Morgan fingerprint density at radius 2 is 1.76 bits per heavy atom. The summed E-state index contributed by atoms with van der Waals surface area (Å²) < 4.78 is 6.13. The van der Waals surface area contributed by atoms with E-state index in [1.807, 2.05) is 49.4 Å². The maximum Gasteiger partial charge on any atom is 0.301 e. The van der Waals surface area contributed by atoms with E-state index < -0.39 is 17.7 Å². The lowest BCUT2D eigenvalue weighted by Crippen LogP contribution is -2.29. The van der Waals surface area contributed by atoms with Crippen molar-refractivity contribution >= 4 is 44.1 Å². The minimum atomic E-state index is -0.798. The minimum absolute atomic E-state index is 0.0480. The molecule has 5 rings (SSSR count). The van der Waals surface area contributed by atoms with E-state index in [0.717, 1.165) is 10.3 Å². The van der Waals surface area contributed by atoms with Crippen LogP contribution < -0.4 is 9.64 Å². The van der Waals surface area contributed by atoms with Crippen molar-refractivity contribution in [2.45, 2.75) is 13.0 Å². The fourth-order valence-corrected chi connectivity index (χ4v) is 4.99. The lowest BCUT2D eigenvalue weighted by molar-refractivity contribution is -0.132. The van der Waals surface area contributed by atoms with Crippen LogP contribution in [-0.2, 0) is 9.59 Å². The quantitative estimate of drug-likeness (QED) is 0.258. The van der Waals surface area contributed by atoms with Gasteiger partial charge in [-0.05, 0) is 30.7 Å². The van der Waals surface area contributed by atoms with E-state index in [9.17, 15) is 14.7 Å². The van der Waals surface area contributed by atoms with Gasteiger partial charge < -0.3 is 9.84 Å². The van der Waals surface area contributed by atoms with Crippen molar-refractivity contribution in [2.75, 3.05) is 12.0 Å². The summed E-state index contributed by atoms with van der Waals surface area (Å²) in [5, 5.41) is 11.5. The molecule has 0 radical (unpaired) electrons. The van der Waals surface area contributed by atoms with Crippen molar-refractivity contribution in [1.29, 1.82) is 0 Å². The molecule has 2 heterocycles. The van der Waals surface area contributed by atoms with Gasteiger partial charge in [-0.25, -0.2) is 4.98 Å². The van der Waals surface area contributed by atoms with Crippen LogP contribution in [0, 0.1) is 6.92 Å². The topological polar surface area (TPSA) is 79.7 Å². The molecule has 1 saturated heterocycles. The van der Waals surface area contributed by atoms with E-state index in [1.54, 1.807) is 37.4 Å². The predicted molar refractivity (Wildman–Crippen MR) is 129 cm³/mol. The van der Waals surface area contributed by atoms with Gasteiger partial charge in [0.25, 0.3) is 5.78 Å². The second-order valence-corrected chi connectivity index (χ2v) is 8.79. The van der Waals surface area contributed by atoms with Gasteiger partial charge in [-0.3, -0.25) is 14.5 Å². The number of aryl methyl sites for hydroxylation is 1. The van der Waals surface area contributed by atoms with Crippen molar-refractivity contribution in [1.82, 2.24) is 4.98 Å². The normalized spacial score (nSPS) is 17.6. The number of hydrogen-bond donors (Lipinski definition) is 1. The molecule has 1 aliphatic heterocycles. The van der Waals surface area contributed by atoms with Crippen LogP contribution in [0.15, 0.2) is 78.4 Å². The molecule has 6 nitrogen and oxygen atoms in total. The molecule has 0 aliphatic carbocycles. The molecule has 1 amide bonds. The molecule has 1 aromatic heterocycles. The van der Waals surface area contributed by atoms with E-state index in [0.29, 0.717) is 27.5 Å². The van der Waals surface area contributed by atoms with Crippen LogP contribution in [0.4, 0.5) is 5.13 Å². The molecule has 4 aromatic rings. The zero-order valence-corrected chi connectivity index (χ0v) is 18.8. The van der Waals surface area contributed by atoms with Crippen molar-refractivity contribution < 1.29 is 19.4 Å². The van der Waals surface area contributed by atoms with Gasteiger partial charge in [0.15, 0.2) is 5.13 Å². The third kappa shape index (κ3) is 3.56. The standard InChI is InChI=1S/C26H20N2O4S/c1-15-8-10-16(11-9-15)22-21(23(29)17-6-4-3-5-7-17)24(30)25(31)28(22)26-27-19-13-12-18(32-2)14-20(19)33-26/h3-14,22,29H,1-2H3. The van der Waals surface area contributed by atoms with Crippen LogP contribution >= 0.6 is 11.3 Å². The van der Waals surface area contributed by atoms with Crippen LogP contribution in [0.2, 0.25) is 0 Å². The molecule has 33 heavy (non-hydrogen) atoms. The van der Waals surface area contributed by atoms with Crippen LogP contribution in [0.3, 0.4) is 0 Å². The Balaban J connectivity index is 1.72. The van der Waals surface area contributed by atoms with E-state index in [1.165, 1.54) is 16.2 Å². The van der Waals surface area contributed by atoms with E-state index in [4.69, 9.17) is 4.74 Å². The van der Waals surface area contributed by atoms with Crippen LogP contribution in [0.5, 0.6) is 5.75 Å². The van der Waals surface area contributed by atoms with Gasteiger partial charge in [-0.1, -0.05) is 71.5 Å². The summed E-state index contributed by atoms with van der Waals surface area (Å²) in [4.78, 5) is 32.5. The van der Waals surface area contributed by atoms with Gasteiger partial charge in [0.1, 0.15) is 11.5 Å². The molecule has 1 N–H and O–H groups in total. The van der Waals surface area contributed by atoms with Gasteiger partial charge >= 0.3 is 5.91 Å². The average Bonchev–Trinajstić information content (AvgIpc) is 3.37. The zero-order valence-electron chi connectivity index (χ0n) is 18.0. The zero-order chi connectivity index (χ0) is 23.1. The first-order chi connectivity index (χ1) is 16.0. The highest BCUT2D eigenvalue weighted by molar-refractivity contribution is 7.22. The van der Waals surface area contributed by atoms with Gasteiger partial charge in [0, 0.05) is 5.56 Å². The first-order valence-corrected chi connectivity index (χ1v) is 11.2. The van der Waals surface area contributed by atoms with Crippen molar-refractivity contribution in [2.24, 2.45) is 0 Å². The maximum atomic E-state index is 13.3. The monoisotopic (exact) mass is 456 g/mol. The highest BCUT2D eigenvalue weighted by Gasteiger charge is 2.48. The third-order valence-electron chi connectivity index (χ3n) is 5.68. The third-order valence-corrected chi connectivity index (χ3v) is 6.69. The second-order valence-electron chi connectivity index (χ2n) is 7.78. The molecule has 1 aliphatic rings.